The molecule has 3 aliphatic rings. The molecule has 242 valence electrons. The van der Waals surface area contributed by atoms with Crippen LogP contribution in [0, 0.1) is 12.8 Å². The molecule has 3 fully saturated rings. The summed E-state index contributed by atoms with van der Waals surface area (Å²) in [6, 6.07) is 0.0422. The largest absolute Gasteiger partial charge is 0.504 e. The summed E-state index contributed by atoms with van der Waals surface area (Å²) in [6.07, 6.45) is 8.63. The van der Waals surface area contributed by atoms with Gasteiger partial charge in [0.2, 0.25) is 5.43 Å². The molecule has 0 spiro atoms. The Morgan fingerprint density at radius 2 is 1.82 bits per heavy atom. The third kappa shape index (κ3) is 5.71. The molecule has 0 bridgehead atoms. The van der Waals surface area contributed by atoms with Gasteiger partial charge in [0.15, 0.2) is 22.6 Å². The van der Waals surface area contributed by atoms with E-state index in [4.69, 9.17) is 9.97 Å². The van der Waals surface area contributed by atoms with Crippen molar-refractivity contribution in [3.05, 3.63) is 39.8 Å². The highest BCUT2D eigenvalue weighted by atomic mass is 16.3. The van der Waals surface area contributed by atoms with Crippen LogP contribution in [0.25, 0.3) is 11.2 Å². The summed E-state index contributed by atoms with van der Waals surface area (Å²) in [6.45, 7) is 6.97. The predicted molar refractivity (Wildman–Crippen MR) is 172 cm³/mol. The minimum absolute atomic E-state index is 0.00399. The Kier molecular flexibility index (Phi) is 8.66. The van der Waals surface area contributed by atoms with Crippen molar-refractivity contribution in [1.82, 2.24) is 34.7 Å². The fourth-order valence-corrected chi connectivity index (χ4v) is 7.24. The van der Waals surface area contributed by atoms with Gasteiger partial charge < -0.3 is 29.5 Å². The van der Waals surface area contributed by atoms with Gasteiger partial charge in [-0.25, -0.2) is 19.9 Å². The van der Waals surface area contributed by atoms with Gasteiger partial charge in [0.1, 0.15) is 24.1 Å². The second kappa shape index (κ2) is 12.5. The number of aromatic nitrogens is 5. The lowest BCUT2D eigenvalue weighted by Gasteiger charge is -2.54. The van der Waals surface area contributed by atoms with E-state index in [0.717, 1.165) is 44.2 Å². The van der Waals surface area contributed by atoms with E-state index in [-0.39, 0.29) is 53.0 Å². The molecule has 45 heavy (non-hydrogen) atoms. The van der Waals surface area contributed by atoms with Gasteiger partial charge >= 0.3 is 0 Å². The summed E-state index contributed by atoms with van der Waals surface area (Å²) in [5.74, 6) is 0.761. The maximum Gasteiger partial charge on any atom is 0.276 e. The molecule has 1 aliphatic heterocycles. The number of amides is 1. The summed E-state index contributed by atoms with van der Waals surface area (Å²) in [5.41, 5.74) is 2.26. The van der Waals surface area contributed by atoms with Gasteiger partial charge in [-0.3, -0.25) is 14.9 Å². The minimum atomic E-state index is -0.822. The van der Waals surface area contributed by atoms with Gasteiger partial charge in [0.05, 0.1) is 24.5 Å². The molecular weight excluding hydrogens is 574 g/mol. The maximum absolute atomic E-state index is 14.4. The van der Waals surface area contributed by atoms with Crippen molar-refractivity contribution >= 4 is 28.6 Å². The number of carbonyl (C=O) groups excluding carboxylic acids is 1. The van der Waals surface area contributed by atoms with Crippen LogP contribution in [0.2, 0.25) is 0 Å². The van der Waals surface area contributed by atoms with E-state index in [9.17, 15) is 19.8 Å². The molecule has 3 N–H and O–H groups in total. The first-order valence-corrected chi connectivity index (χ1v) is 16.2. The van der Waals surface area contributed by atoms with Gasteiger partial charge in [0.25, 0.3) is 5.91 Å². The Morgan fingerprint density at radius 1 is 1.09 bits per heavy atom. The van der Waals surface area contributed by atoms with Crippen LogP contribution in [0.3, 0.4) is 0 Å². The van der Waals surface area contributed by atoms with Crippen LogP contribution in [0.15, 0.2) is 17.3 Å². The first-order valence-electron chi connectivity index (χ1n) is 16.2. The third-order valence-electron chi connectivity index (χ3n) is 9.96. The number of nitrogens with one attached hydrogen (secondary N) is 1. The van der Waals surface area contributed by atoms with Gasteiger partial charge in [-0.05, 0) is 57.8 Å². The van der Waals surface area contributed by atoms with Crippen molar-refractivity contribution in [2.24, 2.45) is 5.92 Å². The third-order valence-corrected chi connectivity index (χ3v) is 9.96. The van der Waals surface area contributed by atoms with Crippen LogP contribution in [0.4, 0.5) is 11.5 Å². The predicted octanol–water partition coefficient (Wildman–Crippen LogP) is 2.20. The SMILES string of the molecule is CCc1c(N2CCN(C(=O)c3ncnc(C)c3O)[C@H]3CC[C@@H]32)c(=O)c2nc(N(C)C)cnc2n1CC(O)NC1CCC(C)CC1. The van der Waals surface area contributed by atoms with Crippen molar-refractivity contribution in [2.45, 2.75) is 96.6 Å². The van der Waals surface area contributed by atoms with Gasteiger partial charge in [-0.15, -0.1) is 0 Å². The lowest BCUT2D eigenvalue weighted by Crippen LogP contribution is -2.67. The quantitative estimate of drug-likeness (QED) is 0.318. The van der Waals surface area contributed by atoms with Crippen LogP contribution in [-0.4, -0.2) is 97.1 Å². The number of fused-ring (bicyclic) bond motifs is 2. The van der Waals surface area contributed by atoms with E-state index >= 15 is 0 Å². The highest BCUT2D eigenvalue weighted by Crippen LogP contribution is 2.38. The number of aliphatic hydroxyl groups excluding tert-OH is 1. The summed E-state index contributed by atoms with van der Waals surface area (Å²) >= 11 is 0. The summed E-state index contributed by atoms with van der Waals surface area (Å²) in [5, 5.41) is 25.3. The molecule has 4 heterocycles. The van der Waals surface area contributed by atoms with E-state index in [1.807, 2.05) is 30.5 Å². The van der Waals surface area contributed by atoms with Crippen molar-refractivity contribution < 1.29 is 15.0 Å². The zero-order chi connectivity index (χ0) is 32.0. The maximum atomic E-state index is 14.4. The molecule has 2 aliphatic carbocycles. The number of rotatable bonds is 8. The standard InChI is InChI=1S/C32H45N9O4/c1-6-21-28(39-13-14-40(23-12-11-22(23)39)32(45)27-29(43)19(3)34-17-35-27)30(44)26-31(33-15-24(37-26)38(4)5)41(21)16-25(42)36-20-9-7-18(2)8-10-20/h15,17-18,20,22-23,25,36,42-43H,6-14,16H2,1-5H3/t18?,20?,22-,23-,25?/m0/s1. The molecule has 6 rings (SSSR count). The number of aliphatic hydroxyl groups is 1. The molecule has 1 amide bonds. The Labute approximate surface area is 263 Å². The molecule has 1 unspecified atom stereocenters. The number of piperazine rings is 1. The molecule has 0 radical (unpaired) electrons. The number of aromatic hydroxyl groups is 1. The van der Waals surface area contributed by atoms with Gasteiger partial charge in [0, 0.05) is 45.0 Å². The Morgan fingerprint density at radius 3 is 2.49 bits per heavy atom. The number of aryl methyl sites for hydroxylation is 1. The van der Waals surface area contributed by atoms with Crippen molar-refractivity contribution in [3.63, 3.8) is 0 Å². The molecule has 13 heteroatoms. The number of anilines is 2. The number of pyridine rings is 1. The summed E-state index contributed by atoms with van der Waals surface area (Å²) in [4.78, 5) is 51.2. The van der Waals surface area contributed by atoms with Gasteiger partial charge in [-0.1, -0.05) is 13.8 Å². The topological polar surface area (TPSA) is 153 Å². The van der Waals surface area contributed by atoms with Crippen LogP contribution >= 0.6 is 0 Å². The summed E-state index contributed by atoms with van der Waals surface area (Å²) < 4.78 is 1.97. The lowest BCUT2D eigenvalue weighted by molar-refractivity contribution is 0.0422. The zero-order valence-corrected chi connectivity index (χ0v) is 26.9. The molecule has 3 atom stereocenters. The average molecular weight is 620 g/mol. The van der Waals surface area contributed by atoms with Crippen LogP contribution < -0.4 is 20.5 Å². The zero-order valence-electron chi connectivity index (χ0n) is 26.9. The number of hydrogen-bond donors (Lipinski definition) is 3. The van der Waals surface area contributed by atoms with Crippen molar-refractivity contribution in [3.8, 4) is 5.75 Å². The smallest absolute Gasteiger partial charge is 0.276 e. The average Bonchev–Trinajstić information content (AvgIpc) is 3.00. The van der Waals surface area contributed by atoms with Crippen LogP contribution in [0.1, 0.15) is 74.2 Å². The van der Waals surface area contributed by atoms with Crippen LogP contribution in [0.5, 0.6) is 5.75 Å². The van der Waals surface area contributed by atoms with Crippen molar-refractivity contribution in [1.29, 1.82) is 0 Å². The molecule has 3 aromatic heterocycles. The fourth-order valence-electron chi connectivity index (χ4n) is 7.24. The minimum Gasteiger partial charge on any atom is -0.504 e. The van der Waals surface area contributed by atoms with Crippen LogP contribution in [-0.2, 0) is 13.0 Å². The lowest BCUT2D eigenvalue weighted by atomic mass is 9.81. The Balaban J connectivity index is 1.37. The molecule has 1 saturated heterocycles. The molecule has 13 nitrogen and oxygen atoms in total. The molecule has 2 saturated carbocycles. The van der Waals surface area contributed by atoms with E-state index in [1.54, 1.807) is 18.0 Å². The first-order chi connectivity index (χ1) is 21.6. The highest BCUT2D eigenvalue weighted by molar-refractivity contribution is 5.95. The second-order valence-electron chi connectivity index (χ2n) is 13.1. The second-order valence-corrected chi connectivity index (χ2v) is 13.1. The van der Waals surface area contributed by atoms with E-state index in [0.29, 0.717) is 48.3 Å². The number of nitrogens with zero attached hydrogens (tertiary/aromatic N) is 8. The normalized spacial score (nSPS) is 23.9. The number of carbonyl (C=O) groups is 1. The highest BCUT2D eigenvalue weighted by Gasteiger charge is 2.47. The van der Waals surface area contributed by atoms with Crippen molar-refractivity contribution in [2.75, 3.05) is 37.0 Å². The number of hydrogen-bond acceptors (Lipinski definition) is 11. The Hall–Kier alpha value is -3.84. The Bertz CT molecular complexity index is 1640. The monoisotopic (exact) mass is 619 g/mol. The first kappa shape index (κ1) is 31.2. The molecule has 3 aromatic rings. The summed E-state index contributed by atoms with van der Waals surface area (Å²) in [7, 11) is 3.72. The van der Waals surface area contributed by atoms with E-state index < -0.39 is 6.23 Å². The molecular formula is C32H45N9O4. The molecule has 0 aromatic carbocycles. The van der Waals surface area contributed by atoms with E-state index in [1.165, 1.54) is 6.33 Å². The van der Waals surface area contributed by atoms with E-state index in [2.05, 4.69) is 27.1 Å². The fraction of sp³-hybridized carbons (Fsp3) is 0.625. The van der Waals surface area contributed by atoms with Gasteiger partial charge in [-0.2, -0.15) is 0 Å².